The number of hydrogen-bond donors (Lipinski definition) is 3. The minimum absolute atomic E-state index is 0.165. The van der Waals surface area contributed by atoms with Crippen LogP contribution in [0.3, 0.4) is 0 Å². The van der Waals surface area contributed by atoms with E-state index >= 15 is 0 Å². The SMILES string of the molecule is O=C(CNC(=O)c1cscn1)NN=Cc1c[nH]c2ccccc12. The highest BCUT2D eigenvalue weighted by Gasteiger charge is 2.08. The Kier molecular flexibility index (Phi) is 4.44. The van der Waals surface area contributed by atoms with Gasteiger partial charge in [-0.15, -0.1) is 11.3 Å². The van der Waals surface area contributed by atoms with Gasteiger partial charge in [0, 0.05) is 28.0 Å². The number of H-pyrrole nitrogens is 1. The first kappa shape index (κ1) is 14.9. The molecule has 0 aliphatic carbocycles. The number of fused-ring (bicyclic) bond motifs is 1. The Morgan fingerprint density at radius 1 is 1.35 bits per heavy atom. The first-order chi connectivity index (χ1) is 11.2. The van der Waals surface area contributed by atoms with E-state index in [4.69, 9.17) is 0 Å². The number of aromatic amines is 1. The summed E-state index contributed by atoms with van der Waals surface area (Å²) in [5, 5.41) is 9.00. The fraction of sp³-hybridized carbons (Fsp3) is 0.0667. The van der Waals surface area contributed by atoms with E-state index in [0.717, 1.165) is 16.5 Å². The molecule has 23 heavy (non-hydrogen) atoms. The number of hydrazone groups is 1. The second-order valence-electron chi connectivity index (χ2n) is 4.64. The number of amides is 2. The highest BCUT2D eigenvalue weighted by atomic mass is 32.1. The molecule has 3 aromatic rings. The van der Waals surface area contributed by atoms with Crippen LogP contribution in [-0.2, 0) is 4.79 Å². The summed E-state index contributed by atoms with van der Waals surface area (Å²) in [6.07, 6.45) is 3.36. The summed E-state index contributed by atoms with van der Waals surface area (Å²) in [5.74, 6) is -0.799. The highest BCUT2D eigenvalue weighted by molar-refractivity contribution is 7.07. The number of nitrogens with zero attached hydrogens (tertiary/aromatic N) is 2. The molecule has 116 valence electrons. The van der Waals surface area contributed by atoms with E-state index < -0.39 is 5.91 Å². The molecule has 0 radical (unpaired) electrons. The van der Waals surface area contributed by atoms with Crippen molar-refractivity contribution in [3.63, 3.8) is 0 Å². The summed E-state index contributed by atoms with van der Waals surface area (Å²) in [6, 6.07) is 7.79. The summed E-state index contributed by atoms with van der Waals surface area (Å²) >= 11 is 1.32. The number of thiazole rings is 1. The molecule has 8 heteroatoms. The second-order valence-corrected chi connectivity index (χ2v) is 5.36. The average Bonchev–Trinajstić information content (AvgIpc) is 3.23. The van der Waals surface area contributed by atoms with Gasteiger partial charge in [0.25, 0.3) is 11.8 Å². The fourth-order valence-corrected chi connectivity index (χ4v) is 2.52. The number of benzene rings is 1. The molecule has 0 aliphatic heterocycles. The van der Waals surface area contributed by atoms with E-state index in [9.17, 15) is 9.59 Å². The van der Waals surface area contributed by atoms with Crippen molar-refractivity contribution >= 4 is 40.3 Å². The van der Waals surface area contributed by atoms with Gasteiger partial charge in [-0.3, -0.25) is 9.59 Å². The van der Waals surface area contributed by atoms with Crippen molar-refractivity contribution < 1.29 is 9.59 Å². The first-order valence-electron chi connectivity index (χ1n) is 6.78. The quantitative estimate of drug-likeness (QED) is 0.489. The number of nitrogens with one attached hydrogen (secondary N) is 3. The largest absolute Gasteiger partial charge is 0.361 e. The fourth-order valence-electron chi connectivity index (χ4n) is 1.99. The van der Waals surface area contributed by atoms with Gasteiger partial charge in [-0.25, -0.2) is 10.4 Å². The molecule has 2 amide bonds. The van der Waals surface area contributed by atoms with Crippen LogP contribution in [0.15, 0.2) is 46.5 Å². The van der Waals surface area contributed by atoms with Gasteiger partial charge in [0.2, 0.25) is 0 Å². The molecule has 3 rings (SSSR count). The number of rotatable bonds is 5. The van der Waals surface area contributed by atoms with Gasteiger partial charge in [0.15, 0.2) is 0 Å². The maximum Gasteiger partial charge on any atom is 0.271 e. The molecule has 2 heterocycles. The lowest BCUT2D eigenvalue weighted by Gasteiger charge is -2.01. The smallest absolute Gasteiger partial charge is 0.271 e. The van der Waals surface area contributed by atoms with E-state index in [2.05, 4.69) is 25.8 Å². The van der Waals surface area contributed by atoms with Gasteiger partial charge in [-0.2, -0.15) is 5.10 Å². The zero-order chi connectivity index (χ0) is 16.1. The summed E-state index contributed by atoms with van der Waals surface area (Å²) in [7, 11) is 0. The van der Waals surface area contributed by atoms with Crippen molar-refractivity contribution in [2.24, 2.45) is 5.10 Å². The van der Waals surface area contributed by atoms with Crippen LogP contribution in [-0.4, -0.2) is 34.5 Å². The number of para-hydroxylation sites is 1. The Balaban J connectivity index is 1.51. The maximum absolute atomic E-state index is 11.6. The van der Waals surface area contributed by atoms with Crippen LogP contribution in [0.4, 0.5) is 0 Å². The standard InChI is InChI=1S/C15H13N5O2S/c21-14(7-17-15(22)13-8-23-9-18-13)20-19-6-10-5-16-12-4-2-1-3-11(10)12/h1-6,8-9,16H,7H2,(H,17,22)(H,20,21). The normalized spacial score (nSPS) is 11.0. The van der Waals surface area contributed by atoms with E-state index in [-0.39, 0.29) is 12.5 Å². The monoisotopic (exact) mass is 327 g/mol. The highest BCUT2D eigenvalue weighted by Crippen LogP contribution is 2.15. The minimum atomic E-state index is -0.412. The molecular weight excluding hydrogens is 314 g/mol. The molecule has 3 N–H and O–H groups in total. The Morgan fingerprint density at radius 2 is 2.22 bits per heavy atom. The molecule has 0 unspecified atom stereocenters. The van der Waals surface area contributed by atoms with E-state index in [1.165, 1.54) is 11.3 Å². The molecule has 1 aromatic carbocycles. The summed E-state index contributed by atoms with van der Waals surface area (Å²) in [6.45, 7) is -0.165. The zero-order valence-electron chi connectivity index (χ0n) is 11.9. The van der Waals surface area contributed by atoms with Gasteiger partial charge in [-0.1, -0.05) is 18.2 Å². The Morgan fingerprint density at radius 3 is 3.04 bits per heavy atom. The van der Waals surface area contributed by atoms with Crippen LogP contribution in [0.2, 0.25) is 0 Å². The third-order valence-electron chi connectivity index (χ3n) is 3.09. The Bertz CT molecular complexity index is 854. The van der Waals surface area contributed by atoms with Gasteiger partial charge in [0.1, 0.15) is 5.69 Å². The minimum Gasteiger partial charge on any atom is -0.361 e. The predicted octanol–water partition coefficient (Wildman–Crippen LogP) is 1.50. The molecular formula is C15H13N5O2S. The van der Waals surface area contributed by atoms with Crippen molar-refractivity contribution in [3.05, 3.63) is 52.6 Å². The number of carbonyl (C=O) groups excluding carboxylic acids is 2. The van der Waals surface area contributed by atoms with Crippen LogP contribution in [0.5, 0.6) is 0 Å². The predicted molar refractivity (Wildman–Crippen MR) is 88.5 cm³/mol. The summed E-state index contributed by atoms with van der Waals surface area (Å²) in [4.78, 5) is 30.2. The van der Waals surface area contributed by atoms with Crippen LogP contribution < -0.4 is 10.7 Å². The van der Waals surface area contributed by atoms with Crippen molar-refractivity contribution in [1.29, 1.82) is 0 Å². The van der Waals surface area contributed by atoms with E-state index in [1.54, 1.807) is 17.1 Å². The van der Waals surface area contributed by atoms with Crippen molar-refractivity contribution in [2.45, 2.75) is 0 Å². The molecule has 0 aliphatic rings. The molecule has 2 aromatic heterocycles. The Labute approximate surface area is 135 Å². The van der Waals surface area contributed by atoms with Crippen LogP contribution >= 0.6 is 11.3 Å². The van der Waals surface area contributed by atoms with Gasteiger partial charge in [0.05, 0.1) is 18.3 Å². The van der Waals surface area contributed by atoms with Gasteiger partial charge in [-0.05, 0) is 6.07 Å². The number of carbonyl (C=O) groups is 2. The topological polar surface area (TPSA) is 99.2 Å². The van der Waals surface area contributed by atoms with Crippen LogP contribution in [0, 0.1) is 0 Å². The van der Waals surface area contributed by atoms with Gasteiger partial charge >= 0.3 is 0 Å². The molecule has 7 nitrogen and oxygen atoms in total. The lowest BCUT2D eigenvalue weighted by Crippen LogP contribution is -2.35. The number of aromatic nitrogens is 2. The third-order valence-corrected chi connectivity index (χ3v) is 3.68. The van der Waals surface area contributed by atoms with Crippen LogP contribution in [0.25, 0.3) is 10.9 Å². The zero-order valence-corrected chi connectivity index (χ0v) is 12.8. The number of hydrogen-bond acceptors (Lipinski definition) is 5. The van der Waals surface area contributed by atoms with Crippen molar-refractivity contribution in [1.82, 2.24) is 20.7 Å². The average molecular weight is 327 g/mol. The Hall–Kier alpha value is -3.00. The molecule has 0 saturated carbocycles. The lowest BCUT2D eigenvalue weighted by atomic mass is 10.2. The van der Waals surface area contributed by atoms with Crippen molar-refractivity contribution in [2.75, 3.05) is 6.54 Å². The summed E-state index contributed by atoms with van der Waals surface area (Å²) in [5.41, 5.74) is 6.09. The van der Waals surface area contributed by atoms with Crippen LogP contribution in [0.1, 0.15) is 16.1 Å². The molecule has 0 spiro atoms. The molecule has 0 atom stereocenters. The molecule has 0 saturated heterocycles. The van der Waals surface area contributed by atoms with E-state index in [0.29, 0.717) is 5.69 Å². The van der Waals surface area contributed by atoms with E-state index in [1.807, 2.05) is 30.5 Å². The molecule has 0 fully saturated rings. The first-order valence-corrected chi connectivity index (χ1v) is 7.73. The van der Waals surface area contributed by atoms with Gasteiger partial charge < -0.3 is 10.3 Å². The second kappa shape index (κ2) is 6.84. The van der Waals surface area contributed by atoms with Crippen molar-refractivity contribution in [3.8, 4) is 0 Å². The molecule has 0 bridgehead atoms. The third kappa shape index (κ3) is 3.61. The summed E-state index contributed by atoms with van der Waals surface area (Å²) < 4.78 is 0. The lowest BCUT2D eigenvalue weighted by molar-refractivity contribution is -0.120. The maximum atomic E-state index is 11.6.